The first-order chi connectivity index (χ1) is 9.93. The number of aliphatic carboxylic acids is 1. The summed E-state index contributed by atoms with van der Waals surface area (Å²) in [5.74, 6) is -0.883. The number of nitrogens with zero attached hydrogens (tertiary/aromatic N) is 1. The Morgan fingerprint density at radius 1 is 1.33 bits per heavy atom. The molecule has 2 N–H and O–H groups in total. The molecule has 0 saturated heterocycles. The lowest BCUT2D eigenvalue weighted by Crippen LogP contribution is -2.17. The number of Topliss-reactive ketones (excluding diaryl/α,β-unsaturated/α-hetero) is 1. The Bertz CT molecular complexity index is 594. The predicted octanol–water partition coefficient (Wildman–Crippen LogP) is 2.61. The van der Waals surface area contributed by atoms with Crippen LogP contribution >= 0.6 is 11.8 Å². The molecule has 0 spiro atoms. The topological polar surface area (TPSA) is 77.8 Å². The van der Waals surface area contributed by atoms with Crippen molar-refractivity contribution in [1.29, 1.82) is 0 Å². The van der Waals surface area contributed by atoms with Crippen LogP contribution in [-0.4, -0.2) is 34.3 Å². The third kappa shape index (κ3) is 3.21. The number of carbonyl (C=O) groups is 2. The lowest BCUT2D eigenvalue weighted by molar-refractivity contribution is -0.138. The second-order valence-electron chi connectivity index (χ2n) is 4.78. The maximum atomic E-state index is 12.3. The molecule has 0 amide bonds. The van der Waals surface area contributed by atoms with E-state index in [2.05, 4.69) is 0 Å². The Kier molecular flexibility index (Phi) is 4.57. The van der Waals surface area contributed by atoms with Crippen molar-refractivity contribution in [2.75, 3.05) is 11.9 Å². The van der Waals surface area contributed by atoms with E-state index in [9.17, 15) is 14.7 Å². The quantitative estimate of drug-likeness (QED) is 0.870. The molecule has 112 valence electrons. The van der Waals surface area contributed by atoms with Gasteiger partial charge in [-0.05, 0) is 30.7 Å². The highest BCUT2D eigenvalue weighted by molar-refractivity contribution is 8.05. The number of anilines is 1. The van der Waals surface area contributed by atoms with Crippen LogP contribution in [0.25, 0.3) is 0 Å². The molecule has 1 aliphatic rings. The van der Waals surface area contributed by atoms with Crippen LogP contribution in [0.2, 0.25) is 0 Å². The number of phenols is 1. The monoisotopic (exact) mass is 307 g/mol. The summed E-state index contributed by atoms with van der Waals surface area (Å²) in [4.78, 5) is 25.0. The van der Waals surface area contributed by atoms with Crippen molar-refractivity contribution in [2.45, 2.75) is 25.0 Å². The number of phenolic OH excluding ortho intramolecular Hbond substituents is 1. The average Bonchev–Trinajstić information content (AvgIpc) is 2.75. The van der Waals surface area contributed by atoms with E-state index in [0.717, 1.165) is 10.7 Å². The first-order valence-electron chi connectivity index (χ1n) is 6.62. The molecule has 0 unspecified atom stereocenters. The van der Waals surface area contributed by atoms with Crippen molar-refractivity contribution in [1.82, 2.24) is 0 Å². The minimum atomic E-state index is -0.968. The second kappa shape index (κ2) is 6.22. The van der Waals surface area contributed by atoms with E-state index in [0.29, 0.717) is 12.0 Å². The lowest BCUT2D eigenvalue weighted by atomic mass is 10.1. The summed E-state index contributed by atoms with van der Waals surface area (Å²) < 4.78 is 0. The summed E-state index contributed by atoms with van der Waals surface area (Å²) in [6.07, 6.45) is 0.402. The fourth-order valence-corrected chi connectivity index (χ4v) is 3.65. The van der Waals surface area contributed by atoms with Crippen LogP contribution in [0.1, 0.15) is 19.8 Å². The molecule has 0 bridgehead atoms. The van der Waals surface area contributed by atoms with E-state index >= 15 is 0 Å². The summed E-state index contributed by atoms with van der Waals surface area (Å²) in [6.45, 7) is 1.89. The third-order valence-electron chi connectivity index (χ3n) is 3.36. The fraction of sp³-hybridized carbons (Fsp3) is 0.333. The third-order valence-corrected chi connectivity index (χ3v) is 4.77. The van der Waals surface area contributed by atoms with Gasteiger partial charge >= 0.3 is 5.97 Å². The Hall–Kier alpha value is -1.95. The highest BCUT2D eigenvalue weighted by Gasteiger charge is 2.36. The Morgan fingerprint density at radius 3 is 2.48 bits per heavy atom. The Morgan fingerprint density at radius 2 is 1.95 bits per heavy atom. The smallest absolute Gasteiger partial charge is 0.304 e. The van der Waals surface area contributed by atoms with Gasteiger partial charge in [0.15, 0.2) is 5.78 Å². The molecular formula is C15H17NO4S. The van der Waals surface area contributed by atoms with Crippen molar-refractivity contribution < 1.29 is 19.8 Å². The molecule has 0 fully saturated rings. The zero-order valence-corrected chi connectivity index (χ0v) is 12.7. The van der Waals surface area contributed by atoms with Gasteiger partial charge in [-0.3, -0.25) is 9.59 Å². The van der Waals surface area contributed by atoms with Gasteiger partial charge in [-0.1, -0.05) is 18.7 Å². The van der Waals surface area contributed by atoms with Crippen molar-refractivity contribution in [2.24, 2.45) is 0 Å². The number of rotatable bonds is 5. The SMILES string of the molecule is CCC1=C(N(C)c2ccc(O)cc2)S[C@@H](CC(=O)O)C1=O. The van der Waals surface area contributed by atoms with Gasteiger partial charge in [-0.25, -0.2) is 0 Å². The summed E-state index contributed by atoms with van der Waals surface area (Å²) in [6, 6.07) is 6.67. The van der Waals surface area contributed by atoms with Crippen LogP contribution in [0.5, 0.6) is 5.75 Å². The van der Waals surface area contributed by atoms with Crippen molar-refractivity contribution >= 4 is 29.2 Å². The molecule has 0 radical (unpaired) electrons. The van der Waals surface area contributed by atoms with Crippen LogP contribution in [0.3, 0.4) is 0 Å². The highest BCUT2D eigenvalue weighted by Crippen LogP contribution is 2.41. The minimum absolute atomic E-state index is 0.0921. The number of allylic oxidation sites excluding steroid dienone is 1. The number of carboxylic acids is 1. The molecule has 1 heterocycles. The molecule has 1 aliphatic heterocycles. The Labute approximate surface area is 127 Å². The lowest BCUT2D eigenvalue weighted by Gasteiger charge is -2.21. The molecule has 6 heteroatoms. The van der Waals surface area contributed by atoms with Crippen LogP contribution in [0, 0.1) is 0 Å². The largest absolute Gasteiger partial charge is 0.508 e. The molecule has 0 saturated carbocycles. The van der Waals surface area contributed by atoms with E-state index in [1.807, 2.05) is 18.9 Å². The minimum Gasteiger partial charge on any atom is -0.508 e. The fourth-order valence-electron chi connectivity index (χ4n) is 2.25. The van der Waals surface area contributed by atoms with Gasteiger partial charge in [0.05, 0.1) is 16.7 Å². The van der Waals surface area contributed by atoms with Crippen molar-refractivity contribution in [3.05, 3.63) is 34.9 Å². The summed E-state index contributed by atoms with van der Waals surface area (Å²) in [5, 5.41) is 18.5. The van der Waals surface area contributed by atoms with E-state index in [1.165, 1.54) is 11.8 Å². The molecule has 0 aliphatic carbocycles. The summed E-state index contributed by atoms with van der Waals surface area (Å²) >= 11 is 1.30. The molecule has 5 nitrogen and oxygen atoms in total. The normalized spacial score (nSPS) is 18.2. The van der Waals surface area contributed by atoms with Gasteiger partial charge in [0, 0.05) is 18.3 Å². The number of carbonyl (C=O) groups excluding carboxylic acids is 1. The van der Waals surface area contributed by atoms with Crippen LogP contribution in [0.4, 0.5) is 5.69 Å². The van der Waals surface area contributed by atoms with Crippen LogP contribution in [-0.2, 0) is 9.59 Å². The van der Waals surface area contributed by atoms with Gasteiger partial charge in [0.25, 0.3) is 0 Å². The molecule has 1 atom stereocenters. The molecule has 1 aromatic carbocycles. The molecule has 0 aromatic heterocycles. The van der Waals surface area contributed by atoms with Gasteiger partial charge < -0.3 is 15.1 Å². The number of ketones is 1. The number of aromatic hydroxyl groups is 1. The van der Waals surface area contributed by atoms with Gasteiger partial charge in [-0.2, -0.15) is 0 Å². The second-order valence-corrected chi connectivity index (χ2v) is 5.97. The number of hydrogen-bond donors (Lipinski definition) is 2. The predicted molar refractivity (Wildman–Crippen MR) is 82.5 cm³/mol. The highest BCUT2D eigenvalue weighted by atomic mass is 32.2. The molecular weight excluding hydrogens is 290 g/mol. The molecule has 21 heavy (non-hydrogen) atoms. The summed E-state index contributed by atoms with van der Waals surface area (Å²) in [7, 11) is 1.83. The van der Waals surface area contributed by atoms with Crippen molar-refractivity contribution in [3.8, 4) is 5.75 Å². The van der Waals surface area contributed by atoms with Crippen LogP contribution < -0.4 is 4.90 Å². The van der Waals surface area contributed by atoms with Gasteiger partial charge in [0.2, 0.25) is 0 Å². The Balaban J connectivity index is 2.27. The van der Waals surface area contributed by atoms with E-state index < -0.39 is 11.2 Å². The van der Waals surface area contributed by atoms with E-state index in [-0.39, 0.29) is 18.0 Å². The molecule has 1 aromatic rings. The number of hydrogen-bond acceptors (Lipinski definition) is 5. The maximum absolute atomic E-state index is 12.3. The van der Waals surface area contributed by atoms with E-state index in [1.54, 1.807) is 24.3 Å². The van der Waals surface area contributed by atoms with Crippen LogP contribution in [0.15, 0.2) is 34.9 Å². The van der Waals surface area contributed by atoms with Gasteiger partial charge in [-0.15, -0.1) is 0 Å². The first-order valence-corrected chi connectivity index (χ1v) is 7.50. The van der Waals surface area contributed by atoms with Crippen molar-refractivity contribution in [3.63, 3.8) is 0 Å². The average molecular weight is 307 g/mol. The standard InChI is InChI=1S/C15H17NO4S/c1-3-11-14(20)12(8-13(18)19)21-15(11)16(2)9-4-6-10(17)7-5-9/h4-7,12,17H,3,8H2,1-2H3,(H,18,19)/t12-/m0/s1. The number of carboxylic acid groups (broad SMARTS) is 1. The zero-order valence-electron chi connectivity index (χ0n) is 11.9. The molecule has 2 rings (SSSR count). The number of thioether (sulfide) groups is 1. The summed E-state index contributed by atoms with van der Waals surface area (Å²) in [5.41, 5.74) is 1.51. The van der Waals surface area contributed by atoms with Gasteiger partial charge in [0.1, 0.15) is 5.75 Å². The maximum Gasteiger partial charge on any atom is 0.304 e. The van der Waals surface area contributed by atoms with E-state index in [4.69, 9.17) is 5.11 Å². The first kappa shape index (κ1) is 15.4. The zero-order chi connectivity index (χ0) is 15.6. The number of benzene rings is 1.